The molecule has 0 bridgehead atoms. The first-order valence-corrected chi connectivity index (χ1v) is 8.57. The van der Waals surface area contributed by atoms with Gasteiger partial charge in [-0.3, -0.25) is 4.72 Å². The van der Waals surface area contributed by atoms with E-state index in [-0.39, 0.29) is 17.4 Å². The van der Waals surface area contributed by atoms with E-state index in [4.69, 9.17) is 0 Å². The molecule has 0 amide bonds. The van der Waals surface area contributed by atoms with E-state index in [9.17, 15) is 12.8 Å². The van der Waals surface area contributed by atoms with Gasteiger partial charge in [-0.05, 0) is 66.0 Å². The number of hydrogen-bond donors (Lipinski definition) is 2. The molecule has 1 aliphatic heterocycles. The van der Waals surface area contributed by atoms with Crippen molar-refractivity contribution in [2.45, 2.75) is 12.8 Å². The van der Waals surface area contributed by atoms with Crippen LogP contribution in [0.3, 0.4) is 0 Å². The Morgan fingerprint density at radius 1 is 1.37 bits per heavy atom. The normalized spacial score (nSPS) is 17.4. The lowest BCUT2D eigenvalue weighted by Gasteiger charge is -2.22. The number of piperidine rings is 1. The van der Waals surface area contributed by atoms with E-state index in [0.717, 1.165) is 25.9 Å². The van der Waals surface area contributed by atoms with E-state index in [2.05, 4.69) is 26.0 Å². The summed E-state index contributed by atoms with van der Waals surface area (Å²) in [5.41, 5.74) is 0.259. The average molecular weight is 351 g/mol. The lowest BCUT2D eigenvalue weighted by Crippen LogP contribution is -2.33. The number of benzene rings is 1. The van der Waals surface area contributed by atoms with Gasteiger partial charge in [-0.2, -0.15) is 0 Å². The highest BCUT2D eigenvalue weighted by molar-refractivity contribution is 9.10. The predicted octanol–water partition coefficient (Wildman–Crippen LogP) is 2.33. The fraction of sp³-hybridized carbons (Fsp3) is 0.500. The molecule has 0 saturated carbocycles. The largest absolute Gasteiger partial charge is 0.317 e. The molecule has 0 unspecified atom stereocenters. The third-order valence-corrected chi connectivity index (χ3v) is 5.21. The van der Waals surface area contributed by atoms with Crippen molar-refractivity contribution < 1.29 is 12.8 Å². The molecule has 106 valence electrons. The molecule has 1 aliphatic rings. The van der Waals surface area contributed by atoms with Crippen molar-refractivity contribution in [2.75, 3.05) is 23.6 Å². The third kappa shape index (κ3) is 4.43. The summed E-state index contributed by atoms with van der Waals surface area (Å²) in [5.74, 6) is -0.229. The standard InChI is InChI=1S/C12H16BrFN2O2S/c13-11-2-1-10(7-12(11)14)16-19(17,18)8-9-3-5-15-6-4-9/h1-2,7,9,15-16H,3-6,8H2. The second-order valence-corrected chi connectivity index (χ2v) is 7.33. The Hall–Kier alpha value is -0.660. The Bertz CT molecular complexity index is 545. The highest BCUT2D eigenvalue weighted by atomic mass is 79.9. The lowest BCUT2D eigenvalue weighted by atomic mass is 10.0. The molecular formula is C12H16BrFN2O2S. The summed E-state index contributed by atoms with van der Waals surface area (Å²) in [6.45, 7) is 1.71. The van der Waals surface area contributed by atoms with E-state index in [1.807, 2.05) is 0 Å². The minimum Gasteiger partial charge on any atom is -0.317 e. The maximum Gasteiger partial charge on any atom is 0.232 e. The van der Waals surface area contributed by atoms with Gasteiger partial charge in [0, 0.05) is 0 Å². The van der Waals surface area contributed by atoms with Crippen LogP contribution in [0.5, 0.6) is 0 Å². The zero-order valence-electron chi connectivity index (χ0n) is 10.3. The van der Waals surface area contributed by atoms with E-state index in [0.29, 0.717) is 4.47 Å². The summed E-state index contributed by atoms with van der Waals surface area (Å²) < 4.78 is 40.1. The molecule has 1 aromatic rings. The zero-order valence-corrected chi connectivity index (χ0v) is 12.7. The summed E-state index contributed by atoms with van der Waals surface area (Å²) in [4.78, 5) is 0. The molecule has 0 aliphatic carbocycles. The minimum absolute atomic E-state index is 0.0896. The van der Waals surface area contributed by atoms with Crippen LogP contribution in [0.1, 0.15) is 12.8 Å². The fourth-order valence-corrected chi connectivity index (χ4v) is 3.91. The van der Waals surface area contributed by atoms with Gasteiger partial charge < -0.3 is 5.32 Å². The Kier molecular flexibility index (Phi) is 4.81. The SMILES string of the molecule is O=S(=O)(CC1CCNCC1)Nc1ccc(Br)c(F)c1. The Morgan fingerprint density at radius 2 is 2.05 bits per heavy atom. The smallest absolute Gasteiger partial charge is 0.232 e. The van der Waals surface area contributed by atoms with Crippen molar-refractivity contribution >= 4 is 31.6 Å². The van der Waals surface area contributed by atoms with Crippen molar-refractivity contribution in [2.24, 2.45) is 5.92 Å². The summed E-state index contributed by atoms with van der Waals surface area (Å²) in [5, 5.41) is 3.19. The molecule has 1 saturated heterocycles. The molecule has 19 heavy (non-hydrogen) atoms. The summed E-state index contributed by atoms with van der Waals surface area (Å²) in [6.07, 6.45) is 1.71. The first-order valence-electron chi connectivity index (χ1n) is 6.12. The first kappa shape index (κ1) is 14.7. The minimum atomic E-state index is -3.42. The van der Waals surface area contributed by atoms with Crippen LogP contribution < -0.4 is 10.0 Å². The van der Waals surface area contributed by atoms with Crippen LogP contribution in [0.4, 0.5) is 10.1 Å². The molecule has 0 aromatic heterocycles. The van der Waals surface area contributed by atoms with Crippen molar-refractivity contribution in [1.82, 2.24) is 5.32 Å². The Labute approximate surface area is 121 Å². The number of halogens is 2. The molecular weight excluding hydrogens is 335 g/mol. The van der Waals surface area contributed by atoms with Crippen LogP contribution in [0.25, 0.3) is 0 Å². The van der Waals surface area contributed by atoms with Gasteiger partial charge in [0.05, 0.1) is 15.9 Å². The zero-order chi connectivity index (χ0) is 13.9. The van der Waals surface area contributed by atoms with Crippen LogP contribution >= 0.6 is 15.9 Å². The van der Waals surface area contributed by atoms with Crippen molar-refractivity contribution in [3.8, 4) is 0 Å². The number of rotatable bonds is 4. The van der Waals surface area contributed by atoms with Gasteiger partial charge in [0.25, 0.3) is 0 Å². The highest BCUT2D eigenvalue weighted by Gasteiger charge is 2.21. The summed E-state index contributed by atoms with van der Waals surface area (Å²) in [7, 11) is -3.42. The predicted molar refractivity (Wildman–Crippen MR) is 77.1 cm³/mol. The molecule has 2 rings (SSSR count). The molecule has 1 fully saturated rings. The fourth-order valence-electron chi connectivity index (χ4n) is 2.14. The molecule has 1 aromatic carbocycles. The van der Waals surface area contributed by atoms with Crippen molar-refractivity contribution in [1.29, 1.82) is 0 Å². The van der Waals surface area contributed by atoms with Gasteiger partial charge >= 0.3 is 0 Å². The average Bonchev–Trinajstić information content (AvgIpc) is 2.34. The van der Waals surface area contributed by atoms with Crippen LogP contribution in [-0.2, 0) is 10.0 Å². The van der Waals surface area contributed by atoms with Gasteiger partial charge in [-0.1, -0.05) is 0 Å². The topological polar surface area (TPSA) is 58.2 Å². The summed E-state index contributed by atoms with van der Waals surface area (Å²) in [6, 6.07) is 4.19. The van der Waals surface area contributed by atoms with Crippen molar-refractivity contribution in [3.63, 3.8) is 0 Å². The maximum atomic E-state index is 13.3. The molecule has 0 radical (unpaired) electrons. The quantitative estimate of drug-likeness (QED) is 0.876. The van der Waals surface area contributed by atoms with Crippen molar-refractivity contribution in [3.05, 3.63) is 28.5 Å². The summed E-state index contributed by atoms with van der Waals surface area (Å²) >= 11 is 3.03. The molecule has 1 heterocycles. The van der Waals surface area contributed by atoms with Gasteiger partial charge in [0.1, 0.15) is 5.82 Å². The first-order chi connectivity index (χ1) is 8.96. The van der Waals surface area contributed by atoms with Gasteiger partial charge in [0.2, 0.25) is 10.0 Å². The monoisotopic (exact) mass is 350 g/mol. The van der Waals surface area contributed by atoms with E-state index < -0.39 is 15.8 Å². The molecule has 0 atom stereocenters. The van der Waals surface area contributed by atoms with Gasteiger partial charge in [-0.15, -0.1) is 0 Å². The second-order valence-electron chi connectivity index (χ2n) is 4.71. The maximum absolute atomic E-state index is 13.3. The van der Waals surface area contributed by atoms with Crippen LogP contribution in [0.15, 0.2) is 22.7 Å². The highest BCUT2D eigenvalue weighted by Crippen LogP contribution is 2.21. The van der Waals surface area contributed by atoms with E-state index in [1.54, 1.807) is 0 Å². The number of hydrogen-bond acceptors (Lipinski definition) is 3. The van der Waals surface area contributed by atoms with Gasteiger partial charge in [-0.25, -0.2) is 12.8 Å². The molecule has 2 N–H and O–H groups in total. The van der Waals surface area contributed by atoms with E-state index >= 15 is 0 Å². The van der Waals surface area contributed by atoms with Crippen LogP contribution in [0.2, 0.25) is 0 Å². The molecule has 7 heteroatoms. The third-order valence-electron chi connectivity index (χ3n) is 3.11. The lowest BCUT2D eigenvalue weighted by molar-refractivity contribution is 0.402. The Morgan fingerprint density at radius 3 is 2.68 bits per heavy atom. The second kappa shape index (κ2) is 6.19. The molecule has 4 nitrogen and oxygen atoms in total. The number of nitrogens with one attached hydrogen (secondary N) is 2. The number of anilines is 1. The number of sulfonamides is 1. The van der Waals surface area contributed by atoms with Gasteiger partial charge in [0.15, 0.2) is 0 Å². The van der Waals surface area contributed by atoms with Crippen LogP contribution in [-0.4, -0.2) is 27.3 Å². The Balaban J connectivity index is 2.01. The van der Waals surface area contributed by atoms with Crippen LogP contribution in [0, 0.1) is 11.7 Å². The van der Waals surface area contributed by atoms with E-state index in [1.165, 1.54) is 18.2 Å². The molecule has 0 spiro atoms.